The van der Waals surface area contributed by atoms with E-state index in [-0.39, 0.29) is 81.3 Å². The van der Waals surface area contributed by atoms with Crippen LogP contribution in [-0.4, -0.2) is 139 Å². The zero-order chi connectivity index (χ0) is 62.9. The first kappa shape index (κ1) is 84.9. The number of rotatable bonds is 33. The fraction of sp³-hybridized carbons (Fsp3) is 0.830. The van der Waals surface area contributed by atoms with E-state index in [4.69, 9.17) is 44.9 Å². The molecule has 1 saturated heterocycles. The van der Waals surface area contributed by atoms with E-state index < -0.39 is 103 Å². The van der Waals surface area contributed by atoms with E-state index in [1.54, 1.807) is 14.0 Å². The monoisotopic (exact) mass is 1300 g/mol. The van der Waals surface area contributed by atoms with Crippen LogP contribution in [-0.2, 0) is 69.4 Å². The number of hydrogen-bond acceptors (Lipinski definition) is 17. The number of halogens is 4. The maximum absolute atomic E-state index is 13.6. The fourth-order valence-electron chi connectivity index (χ4n) is 6.90. The van der Waals surface area contributed by atoms with Gasteiger partial charge in [-0.25, -0.2) is 17.2 Å². The summed E-state index contributed by atoms with van der Waals surface area (Å²) in [7, 11) is -15.0. The van der Waals surface area contributed by atoms with Crippen LogP contribution < -0.4 is 56.1 Å². The van der Waals surface area contributed by atoms with Gasteiger partial charge in [0.1, 0.15) is 27.7 Å². The molecule has 28 heteroatoms. The van der Waals surface area contributed by atoms with Gasteiger partial charge in [-0.05, 0) is 158 Å². The number of unbranched alkanes of at least 4 members (excludes halogenated alkanes) is 1. The van der Waals surface area contributed by atoms with E-state index in [0.717, 1.165) is 38.3 Å². The molecule has 0 aromatic heterocycles. The molecule has 17 nitrogen and oxygen atoms in total. The second-order valence-electron chi connectivity index (χ2n) is 24.2. The van der Waals surface area contributed by atoms with Gasteiger partial charge in [-0.1, -0.05) is 47.5 Å². The quantitative estimate of drug-likeness (QED) is 0.00935. The standard InChI is InChI=1S/C23H56O6Si5.C12H12F4O5S.C9H16O3.C9H20O3.K/c1-15-17-20-30(5,6)26-32(9,10)28-34(13,14)29-33(11,12)27-31(7,8)21-18-19-25-22(24)23(3,4)16-2;1-4-12(2,3)11(17)21-9-5(13)7(15)10(22(18,19)20)8(16)6(9)14;1-4-9(2,3)8(10)12-6-7-5-11-7;1-4-9(2)12-8-7-11-6-5-10-3;/h15-21H2,1-14H3;4H2,1-3H3,(H,18,19,20);7H,4-6H2,1-3H3;9H,4-8H2,1-3H3;/q;;;;+1/p-1. The average Bonchev–Trinajstić information content (AvgIpc) is 4.16. The molecule has 0 radical (unpaired) electrons. The molecule has 1 aliphatic heterocycles. The Balaban J connectivity index is -0.00000110. The summed E-state index contributed by atoms with van der Waals surface area (Å²) in [5, 5.41) is 0. The molecule has 0 aliphatic carbocycles. The van der Waals surface area contributed by atoms with Crippen LogP contribution >= 0.6 is 0 Å². The Labute approximate surface area is 532 Å². The predicted octanol–water partition coefficient (Wildman–Crippen LogP) is 10.1. The summed E-state index contributed by atoms with van der Waals surface area (Å²) in [6, 6.07) is 2.09. The summed E-state index contributed by atoms with van der Waals surface area (Å²) >= 11 is 0. The van der Waals surface area contributed by atoms with Gasteiger partial charge < -0.3 is 54.2 Å². The number of benzene rings is 1. The number of epoxide rings is 1. The van der Waals surface area contributed by atoms with Crippen molar-refractivity contribution in [1.29, 1.82) is 0 Å². The van der Waals surface area contributed by atoms with Crippen LogP contribution in [0.3, 0.4) is 0 Å². The maximum Gasteiger partial charge on any atom is 1.00 e. The summed E-state index contributed by atoms with van der Waals surface area (Å²) < 4.78 is 148. The Hall–Kier alpha value is -0.339. The van der Waals surface area contributed by atoms with Crippen molar-refractivity contribution in [2.45, 2.75) is 223 Å². The fourth-order valence-corrected chi connectivity index (χ4v) is 32.3. The van der Waals surface area contributed by atoms with Gasteiger partial charge in [-0.2, -0.15) is 8.78 Å². The number of hydrogen-bond donors (Lipinski definition) is 0. The van der Waals surface area contributed by atoms with Gasteiger partial charge >= 0.3 is 95.0 Å². The third-order valence-electron chi connectivity index (χ3n) is 12.7. The molecule has 1 heterocycles. The van der Waals surface area contributed by atoms with E-state index in [9.17, 15) is 44.9 Å². The normalized spacial score (nSPS) is 14.6. The largest absolute Gasteiger partial charge is 1.00 e. The van der Waals surface area contributed by atoms with Crippen LogP contribution in [0, 0.1) is 39.5 Å². The first-order chi connectivity index (χ1) is 36.3. The van der Waals surface area contributed by atoms with Gasteiger partial charge in [0.2, 0.25) is 17.4 Å². The van der Waals surface area contributed by atoms with Crippen molar-refractivity contribution in [2.24, 2.45) is 16.2 Å². The minimum Gasteiger partial charge on any atom is -0.744 e. The van der Waals surface area contributed by atoms with Gasteiger partial charge in [0.25, 0.3) is 0 Å². The first-order valence-corrected chi connectivity index (χ1v) is 43.9. The van der Waals surface area contributed by atoms with E-state index >= 15 is 0 Å². The molecule has 0 N–H and O–H groups in total. The van der Waals surface area contributed by atoms with Gasteiger partial charge in [-0.15, -0.1) is 0 Å². The molecule has 0 spiro atoms. The zero-order valence-electron chi connectivity index (χ0n) is 53.8. The summed E-state index contributed by atoms with van der Waals surface area (Å²) in [6.07, 6.45) is 6.56. The topological polar surface area (TPSA) is 213 Å². The molecular weight excluding hydrogens is 1200 g/mol. The SMILES string of the molecule is CCC(C)(C)C(=O)OCC1CO1.CCC(C)(C)C(=O)Oc1c(F)c(F)c(S(=O)(=O)[O-])c(F)c1F.CCC(C)OCCOCCOC.CCCC[Si](C)(C)O[Si](C)(C)O[Si](C)(C)O[Si](C)(C)O[Si](C)(C)CCCOC(=O)C(C)(C)CC.[K+]. The zero-order valence-corrected chi connectivity index (χ0v) is 62.8. The van der Waals surface area contributed by atoms with Crippen molar-refractivity contribution < 1.29 is 146 Å². The summed E-state index contributed by atoms with van der Waals surface area (Å²) in [6.45, 7) is 48.4. The van der Waals surface area contributed by atoms with Crippen LogP contribution in [0.2, 0.25) is 77.6 Å². The van der Waals surface area contributed by atoms with E-state index in [1.807, 2.05) is 41.5 Å². The van der Waals surface area contributed by atoms with Gasteiger partial charge in [0.05, 0.1) is 62.0 Å². The molecular formula is C53H103F4KO17SSi5. The molecule has 472 valence electrons. The number of carbonyl (C=O) groups is 3. The van der Waals surface area contributed by atoms with E-state index in [0.29, 0.717) is 45.7 Å². The molecule has 81 heavy (non-hydrogen) atoms. The van der Waals surface area contributed by atoms with E-state index in [2.05, 4.69) is 91.0 Å². The molecule has 2 unspecified atom stereocenters. The van der Waals surface area contributed by atoms with Crippen molar-refractivity contribution in [1.82, 2.24) is 0 Å². The first-order valence-electron chi connectivity index (χ1n) is 27.8. The minimum atomic E-state index is -5.81. The van der Waals surface area contributed by atoms with Crippen LogP contribution in [0.4, 0.5) is 17.6 Å². The maximum atomic E-state index is 13.6. The summed E-state index contributed by atoms with van der Waals surface area (Å²) in [4.78, 5) is 32.9. The van der Waals surface area contributed by atoms with Crippen LogP contribution in [0.15, 0.2) is 4.90 Å². The van der Waals surface area contributed by atoms with Crippen LogP contribution in [0.25, 0.3) is 0 Å². The Morgan fingerprint density at radius 3 is 1.40 bits per heavy atom. The Morgan fingerprint density at radius 1 is 0.617 bits per heavy atom. The van der Waals surface area contributed by atoms with Gasteiger partial charge in [0, 0.05) is 7.11 Å². The molecule has 0 saturated carbocycles. The van der Waals surface area contributed by atoms with Crippen molar-refractivity contribution >= 4 is 70.3 Å². The number of ether oxygens (including phenoxy) is 7. The Morgan fingerprint density at radius 2 is 1.01 bits per heavy atom. The Bertz CT molecular complexity index is 2120. The van der Waals surface area contributed by atoms with Crippen molar-refractivity contribution in [3.8, 4) is 5.75 Å². The van der Waals surface area contributed by atoms with Crippen LogP contribution in [0.5, 0.6) is 5.75 Å². The smallest absolute Gasteiger partial charge is 0.744 e. The number of carbonyl (C=O) groups excluding carboxylic acids is 3. The second kappa shape index (κ2) is 38.2. The molecule has 2 rings (SSSR count). The predicted molar refractivity (Wildman–Crippen MR) is 313 cm³/mol. The van der Waals surface area contributed by atoms with E-state index in [1.165, 1.54) is 32.7 Å². The Kier molecular flexibility index (Phi) is 40.0. The minimum absolute atomic E-state index is 0. The summed E-state index contributed by atoms with van der Waals surface area (Å²) in [5.41, 5.74) is -1.99. The van der Waals surface area contributed by atoms with Crippen LogP contribution in [0.1, 0.15) is 128 Å². The molecule has 0 amide bonds. The van der Waals surface area contributed by atoms with Gasteiger partial charge in [0.15, 0.2) is 28.3 Å². The third-order valence-corrected chi connectivity index (χ3v) is 32.9. The van der Waals surface area contributed by atoms with Crippen molar-refractivity contribution in [2.75, 3.05) is 53.4 Å². The molecule has 1 fully saturated rings. The number of esters is 3. The molecule has 1 aliphatic rings. The molecule has 1 aromatic carbocycles. The molecule has 2 atom stereocenters. The molecule has 1 aromatic rings. The van der Waals surface area contributed by atoms with Gasteiger partial charge in [-0.3, -0.25) is 14.4 Å². The summed E-state index contributed by atoms with van der Waals surface area (Å²) in [5.74, 6) is -12.6. The third kappa shape index (κ3) is 35.9. The number of methoxy groups -OCH3 is 1. The average molecular weight is 1300 g/mol. The van der Waals surface area contributed by atoms with Crippen molar-refractivity contribution in [3.05, 3.63) is 23.3 Å². The van der Waals surface area contributed by atoms with Crippen molar-refractivity contribution in [3.63, 3.8) is 0 Å². The second-order valence-corrected chi connectivity index (χ2v) is 45.2. The molecule has 0 bridgehead atoms.